The molecule has 0 spiro atoms. The summed E-state index contributed by atoms with van der Waals surface area (Å²) < 4.78 is 38.7. The Bertz CT molecular complexity index is 1020. The molecular formula is C25H29F3N4O2. The minimum Gasteiger partial charge on any atom is -0.334 e. The summed E-state index contributed by atoms with van der Waals surface area (Å²) in [7, 11) is 0. The maximum Gasteiger partial charge on any atom is 0.416 e. The molecule has 0 bridgehead atoms. The number of benzene rings is 2. The third-order valence-corrected chi connectivity index (χ3v) is 6.48. The van der Waals surface area contributed by atoms with E-state index in [1.165, 1.54) is 56.4 Å². The van der Waals surface area contributed by atoms with Crippen molar-refractivity contribution in [3.8, 4) is 0 Å². The highest BCUT2D eigenvalue weighted by Crippen LogP contribution is 2.31. The molecule has 1 unspecified atom stereocenters. The van der Waals surface area contributed by atoms with Crippen LogP contribution in [0.1, 0.15) is 54.4 Å². The van der Waals surface area contributed by atoms with Gasteiger partial charge in [-0.2, -0.15) is 13.2 Å². The maximum absolute atomic E-state index is 12.9. The van der Waals surface area contributed by atoms with Crippen molar-refractivity contribution >= 4 is 23.3 Å². The van der Waals surface area contributed by atoms with Crippen LogP contribution in [0.15, 0.2) is 48.5 Å². The van der Waals surface area contributed by atoms with Crippen molar-refractivity contribution in [3.05, 3.63) is 59.7 Å². The van der Waals surface area contributed by atoms with Crippen LogP contribution in [-0.2, 0) is 6.18 Å². The van der Waals surface area contributed by atoms with Gasteiger partial charge in [0.25, 0.3) is 5.91 Å². The van der Waals surface area contributed by atoms with Gasteiger partial charge in [0.2, 0.25) is 0 Å². The summed E-state index contributed by atoms with van der Waals surface area (Å²) in [5.74, 6) is -0.567. The molecule has 2 fully saturated rings. The number of urea groups is 1. The molecule has 3 N–H and O–H groups in total. The molecule has 1 saturated carbocycles. The number of alkyl halides is 3. The summed E-state index contributed by atoms with van der Waals surface area (Å²) in [6, 6.07) is 11.1. The number of amides is 3. The topological polar surface area (TPSA) is 73.5 Å². The first-order valence-corrected chi connectivity index (χ1v) is 11.7. The van der Waals surface area contributed by atoms with Gasteiger partial charge < -0.3 is 16.0 Å². The molecule has 3 amide bonds. The molecule has 6 nitrogen and oxygen atoms in total. The normalized spacial score (nSPS) is 19.6. The summed E-state index contributed by atoms with van der Waals surface area (Å²) in [6.07, 6.45) is 2.73. The maximum atomic E-state index is 12.9. The fraction of sp³-hybridized carbons (Fsp3) is 0.440. The van der Waals surface area contributed by atoms with E-state index in [1.807, 2.05) is 0 Å². The quantitative estimate of drug-likeness (QED) is 0.537. The highest BCUT2D eigenvalue weighted by Gasteiger charge is 2.31. The van der Waals surface area contributed by atoms with Crippen molar-refractivity contribution in [2.45, 2.75) is 56.8 Å². The van der Waals surface area contributed by atoms with Crippen LogP contribution >= 0.6 is 0 Å². The van der Waals surface area contributed by atoms with Gasteiger partial charge in [0, 0.05) is 42.1 Å². The zero-order valence-corrected chi connectivity index (χ0v) is 18.8. The summed E-state index contributed by atoms with van der Waals surface area (Å²) in [4.78, 5) is 27.5. The van der Waals surface area contributed by atoms with Gasteiger partial charge in [0.05, 0.1) is 5.56 Å². The first-order chi connectivity index (χ1) is 16.3. The Hall–Kier alpha value is -3.07. The standard InChI is InChI=1S/C25H29F3N4O2/c26-25(27,28)18-7-5-9-20(15-18)29-23(33)17-6-4-8-19(14-17)30-24(34)31-21-12-13-32(16-21)22-10-2-1-3-11-22/h4-9,14-15,21-22H,1-3,10-13,16H2,(H,29,33)(H2,30,31,34). The molecule has 1 heterocycles. The van der Waals surface area contributed by atoms with Crippen LogP contribution in [0.25, 0.3) is 0 Å². The van der Waals surface area contributed by atoms with Crippen LogP contribution in [0, 0.1) is 0 Å². The first kappa shape index (κ1) is 24.1. The van der Waals surface area contributed by atoms with Crippen LogP contribution in [0.3, 0.4) is 0 Å². The van der Waals surface area contributed by atoms with Gasteiger partial charge in [-0.15, -0.1) is 0 Å². The van der Waals surface area contributed by atoms with Gasteiger partial charge in [0.15, 0.2) is 0 Å². The lowest BCUT2D eigenvalue weighted by molar-refractivity contribution is -0.137. The molecule has 1 aliphatic heterocycles. The van der Waals surface area contributed by atoms with E-state index in [0.717, 1.165) is 31.6 Å². The predicted molar refractivity (Wildman–Crippen MR) is 125 cm³/mol. The number of anilines is 2. The molecule has 1 aliphatic carbocycles. The van der Waals surface area contributed by atoms with Crippen LogP contribution in [-0.4, -0.2) is 42.0 Å². The number of hydrogen-bond acceptors (Lipinski definition) is 3. The second-order valence-electron chi connectivity index (χ2n) is 8.98. The zero-order valence-electron chi connectivity index (χ0n) is 18.8. The van der Waals surface area contributed by atoms with Crippen LogP contribution in [0.5, 0.6) is 0 Å². The number of rotatable bonds is 5. The summed E-state index contributed by atoms with van der Waals surface area (Å²) in [5, 5.41) is 8.23. The molecular weight excluding hydrogens is 445 g/mol. The van der Waals surface area contributed by atoms with E-state index in [-0.39, 0.29) is 23.3 Å². The van der Waals surface area contributed by atoms with E-state index >= 15 is 0 Å². The highest BCUT2D eigenvalue weighted by molar-refractivity contribution is 6.05. The third-order valence-electron chi connectivity index (χ3n) is 6.48. The molecule has 182 valence electrons. The van der Waals surface area contributed by atoms with Gasteiger partial charge in [-0.3, -0.25) is 9.69 Å². The minimum atomic E-state index is -4.50. The fourth-order valence-corrected chi connectivity index (χ4v) is 4.75. The number of nitrogens with one attached hydrogen (secondary N) is 3. The molecule has 9 heteroatoms. The number of nitrogens with zero attached hydrogens (tertiary/aromatic N) is 1. The van der Waals surface area contributed by atoms with Crippen molar-refractivity contribution in [2.24, 2.45) is 0 Å². The van der Waals surface area contributed by atoms with E-state index < -0.39 is 17.6 Å². The van der Waals surface area contributed by atoms with E-state index in [1.54, 1.807) is 12.1 Å². The van der Waals surface area contributed by atoms with E-state index in [2.05, 4.69) is 20.9 Å². The van der Waals surface area contributed by atoms with Crippen LogP contribution in [0.2, 0.25) is 0 Å². The fourth-order valence-electron chi connectivity index (χ4n) is 4.75. The molecule has 2 aliphatic rings. The van der Waals surface area contributed by atoms with Crippen molar-refractivity contribution in [3.63, 3.8) is 0 Å². The monoisotopic (exact) mass is 474 g/mol. The smallest absolute Gasteiger partial charge is 0.334 e. The Kier molecular flexibility index (Phi) is 7.41. The number of carbonyl (C=O) groups excluding carboxylic acids is 2. The minimum absolute atomic E-state index is 0.0414. The Morgan fingerprint density at radius 2 is 1.59 bits per heavy atom. The van der Waals surface area contributed by atoms with Crippen molar-refractivity contribution < 1.29 is 22.8 Å². The van der Waals surface area contributed by atoms with Crippen LogP contribution < -0.4 is 16.0 Å². The first-order valence-electron chi connectivity index (χ1n) is 11.7. The summed E-state index contributed by atoms with van der Waals surface area (Å²) >= 11 is 0. The lowest BCUT2D eigenvalue weighted by Crippen LogP contribution is -2.42. The second-order valence-corrected chi connectivity index (χ2v) is 8.98. The van der Waals surface area contributed by atoms with E-state index in [4.69, 9.17) is 0 Å². The second kappa shape index (κ2) is 10.5. The van der Waals surface area contributed by atoms with Crippen molar-refractivity contribution in [1.29, 1.82) is 0 Å². The average Bonchev–Trinajstić information content (AvgIpc) is 3.28. The van der Waals surface area contributed by atoms with Gasteiger partial charge in [-0.05, 0) is 55.7 Å². The van der Waals surface area contributed by atoms with E-state index in [9.17, 15) is 22.8 Å². The SMILES string of the molecule is O=C(Nc1cccc(C(=O)Nc2cccc(C(F)(F)F)c2)c1)NC1CCN(C2CCCCC2)C1. The van der Waals surface area contributed by atoms with Gasteiger partial charge in [-0.1, -0.05) is 31.4 Å². The largest absolute Gasteiger partial charge is 0.416 e. The molecule has 0 radical (unpaired) electrons. The predicted octanol–water partition coefficient (Wildman–Crippen LogP) is 5.49. The van der Waals surface area contributed by atoms with E-state index in [0.29, 0.717) is 11.7 Å². The Labute approximate surface area is 196 Å². The molecule has 1 atom stereocenters. The van der Waals surface area contributed by atoms with Gasteiger partial charge in [-0.25, -0.2) is 4.79 Å². The molecule has 2 aromatic rings. The lowest BCUT2D eigenvalue weighted by Gasteiger charge is -2.31. The van der Waals surface area contributed by atoms with Crippen molar-refractivity contribution in [2.75, 3.05) is 23.7 Å². The third kappa shape index (κ3) is 6.28. The van der Waals surface area contributed by atoms with Gasteiger partial charge in [0.1, 0.15) is 0 Å². The highest BCUT2D eigenvalue weighted by atomic mass is 19.4. The number of likely N-dealkylation sites (tertiary alicyclic amines) is 1. The molecule has 1 saturated heterocycles. The Balaban J connectivity index is 1.31. The molecule has 4 rings (SSSR count). The number of hydrogen-bond donors (Lipinski definition) is 3. The summed E-state index contributed by atoms with van der Waals surface area (Å²) in [6.45, 7) is 1.83. The van der Waals surface area contributed by atoms with Crippen LogP contribution in [0.4, 0.5) is 29.3 Å². The Morgan fingerprint density at radius 1 is 0.882 bits per heavy atom. The average molecular weight is 475 g/mol. The molecule has 2 aromatic carbocycles. The summed E-state index contributed by atoms with van der Waals surface area (Å²) in [5.41, 5.74) is -0.151. The Morgan fingerprint density at radius 3 is 2.32 bits per heavy atom. The molecule has 0 aromatic heterocycles. The number of halogens is 3. The molecule has 34 heavy (non-hydrogen) atoms. The number of carbonyl (C=O) groups is 2. The van der Waals surface area contributed by atoms with Crippen molar-refractivity contribution in [1.82, 2.24) is 10.2 Å². The zero-order chi connectivity index (χ0) is 24.1. The van der Waals surface area contributed by atoms with Gasteiger partial charge >= 0.3 is 12.2 Å². The lowest BCUT2D eigenvalue weighted by atomic mass is 9.94.